The molecule has 5 heteroatoms. The number of thioether (sulfide) groups is 1. The first kappa shape index (κ1) is 16.0. The zero-order valence-electron chi connectivity index (χ0n) is 11.5. The standard InChI is InChI=1S/C15H16N2O2S/c1-11(18)13(12(2)19)10-17-14-6-3-4-7-15(14)20-9-5-8-16/h3-4,6-7,10,18H,5,9H2,1-2H3. The molecule has 1 aromatic rings. The summed E-state index contributed by atoms with van der Waals surface area (Å²) in [7, 11) is 0. The number of hydrogen-bond donors (Lipinski definition) is 1. The summed E-state index contributed by atoms with van der Waals surface area (Å²) in [6.45, 7) is 2.84. The van der Waals surface area contributed by atoms with Crippen LogP contribution in [0.2, 0.25) is 0 Å². The summed E-state index contributed by atoms with van der Waals surface area (Å²) in [5.74, 6) is 0.413. The van der Waals surface area contributed by atoms with Crippen LogP contribution in [0.1, 0.15) is 20.3 Å². The van der Waals surface area contributed by atoms with Crippen molar-refractivity contribution in [2.24, 2.45) is 4.99 Å². The monoisotopic (exact) mass is 288 g/mol. The molecule has 0 amide bonds. The zero-order valence-corrected chi connectivity index (χ0v) is 12.3. The Morgan fingerprint density at radius 3 is 2.75 bits per heavy atom. The number of ketones is 1. The average Bonchev–Trinajstić information content (AvgIpc) is 2.40. The summed E-state index contributed by atoms with van der Waals surface area (Å²) in [5.41, 5.74) is 0.914. The SMILES string of the molecule is CC(=O)C(C=Nc1ccccc1SCCC#N)=C(C)O. The number of nitrogens with zero attached hydrogens (tertiary/aromatic N) is 2. The maximum Gasteiger partial charge on any atom is 0.164 e. The van der Waals surface area contributed by atoms with Crippen LogP contribution < -0.4 is 0 Å². The Labute approximate surface area is 122 Å². The molecular formula is C15H16N2O2S. The van der Waals surface area contributed by atoms with Gasteiger partial charge in [0.05, 0.1) is 17.3 Å². The molecule has 0 radical (unpaired) electrons. The minimum Gasteiger partial charge on any atom is -0.512 e. The highest BCUT2D eigenvalue weighted by Crippen LogP contribution is 2.29. The first-order chi connectivity index (χ1) is 9.56. The van der Waals surface area contributed by atoms with Crippen LogP contribution in [0.3, 0.4) is 0 Å². The molecule has 0 heterocycles. The second-order valence-corrected chi connectivity index (χ2v) is 5.17. The first-order valence-corrected chi connectivity index (χ1v) is 7.08. The minimum absolute atomic E-state index is 0.0455. The lowest BCUT2D eigenvalue weighted by molar-refractivity contribution is -0.113. The van der Waals surface area contributed by atoms with Crippen LogP contribution in [-0.4, -0.2) is 22.9 Å². The predicted octanol–water partition coefficient (Wildman–Crippen LogP) is 3.82. The molecular weight excluding hydrogens is 272 g/mol. The topological polar surface area (TPSA) is 73.5 Å². The lowest BCUT2D eigenvalue weighted by atomic mass is 10.2. The van der Waals surface area contributed by atoms with E-state index in [4.69, 9.17) is 5.26 Å². The van der Waals surface area contributed by atoms with Crippen molar-refractivity contribution < 1.29 is 9.90 Å². The second kappa shape index (κ2) is 8.18. The Kier molecular flexibility index (Phi) is 6.54. The summed E-state index contributed by atoms with van der Waals surface area (Å²) >= 11 is 1.54. The van der Waals surface area contributed by atoms with Crippen molar-refractivity contribution >= 4 is 29.4 Å². The number of rotatable bonds is 6. The summed E-state index contributed by atoms with van der Waals surface area (Å²) in [6.07, 6.45) is 1.85. The van der Waals surface area contributed by atoms with Crippen LogP contribution in [0.25, 0.3) is 0 Å². The fraction of sp³-hybridized carbons (Fsp3) is 0.267. The highest BCUT2D eigenvalue weighted by atomic mass is 32.2. The summed E-state index contributed by atoms with van der Waals surface area (Å²) in [6, 6.07) is 9.58. The van der Waals surface area contributed by atoms with Gasteiger partial charge in [-0.2, -0.15) is 5.26 Å². The molecule has 0 unspecified atom stereocenters. The summed E-state index contributed by atoms with van der Waals surface area (Å²) < 4.78 is 0. The third kappa shape index (κ3) is 4.90. The Morgan fingerprint density at radius 1 is 1.45 bits per heavy atom. The summed E-state index contributed by atoms with van der Waals surface area (Å²) in [5, 5.41) is 18.0. The van der Waals surface area contributed by atoms with E-state index in [1.54, 1.807) is 11.8 Å². The van der Waals surface area contributed by atoms with Gasteiger partial charge < -0.3 is 5.11 Å². The van der Waals surface area contributed by atoms with Gasteiger partial charge in [-0.15, -0.1) is 11.8 Å². The van der Waals surface area contributed by atoms with E-state index in [1.165, 1.54) is 20.1 Å². The molecule has 0 aliphatic carbocycles. The van der Waals surface area contributed by atoms with Gasteiger partial charge in [-0.25, -0.2) is 0 Å². The van der Waals surface area contributed by atoms with E-state index in [0.29, 0.717) is 12.2 Å². The molecule has 0 aliphatic heterocycles. The van der Waals surface area contributed by atoms with E-state index in [0.717, 1.165) is 10.6 Å². The molecule has 0 spiro atoms. The van der Waals surface area contributed by atoms with Crippen molar-refractivity contribution in [1.29, 1.82) is 5.26 Å². The van der Waals surface area contributed by atoms with E-state index >= 15 is 0 Å². The maximum absolute atomic E-state index is 11.4. The van der Waals surface area contributed by atoms with Crippen LogP contribution in [0.5, 0.6) is 0 Å². The van der Waals surface area contributed by atoms with Crippen LogP contribution in [0.15, 0.2) is 45.5 Å². The average molecular weight is 288 g/mol. The molecule has 104 valence electrons. The summed E-state index contributed by atoms with van der Waals surface area (Å²) in [4.78, 5) is 16.6. The molecule has 0 aliphatic rings. The van der Waals surface area contributed by atoms with Crippen LogP contribution in [-0.2, 0) is 4.79 Å². The van der Waals surface area contributed by atoms with Gasteiger partial charge in [0, 0.05) is 23.3 Å². The van der Waals surface area contributed by atoms with Crippen LogP contribution in [0.4, 0.5) is 5.69 Å². The van der Waals surface area contributed by atoms with Gasteiger partial charge in [-0.1, -0.05) is 12.1 Å². The Hall–Kier alpha value is -2.06. The molecule has 1 N–H and O–H groups in total. The van der Waals surface area contributed by atoms with Crippen LogP contribution in [0, 0.1) is 11.3 Å². The fourth-order valence-corrected chi connectivity index (χ4v) is 2.32. The second-order valence-electron chi connectivity index (χ2n) is 4.04. The lowest BCUT2D eigenvalue weighted by Crippen LogP contribution is -2.01. The molecule has 1 aromatic carbocycles. The lowest BCUT2D eigenvalue weighted by Gasteiger charge is -2.04. The number of benzene rings is 1. The number of hydrogen-bond acceptors (Lipinski definition) is 5. The quantitative estimate of drug-likeness (QED) is 0.284. The third-order valence-corrected chi connectivity index (χ3v) is 3.50. The largest absolute Gasteiger partial charge is 0.512 e. The number of nitriles is 1. The van der Waals surface area contributed by atoms with E-state index in [2.05, 4.69) is 11.1 Å². The van der Waals surface area contributed by atoms with E-state index in [1.807, 2.05) is 24.3 Å². The molecule has 0 saturated heterocycles. The number of aliphatic imine (C=N–C) groups is 1. The van der Waals surface area contributed by atoms with E-state index in [9.17, 15) is 9.90 Å². The number of para-hydroxylation sites is 1. The fourth-order valence-electron chi connectivity index (χ4n) is 1.47. The number of carbonyl (C=O) groups excluding carboxylic acids is 1. The van der Waals surface area contributed by atoms with E-state index < -0.39 is 0 Å². The van der Waals surface area contributed by atoms with Crippen molar-refractivity contribution in [3.63, 3.8) is 0 Å². The molecule has 20 heavy (non-hydrogen) atoms. The highest BCUT2D eigenvalue weighted by Gasteiger charge is 2.06. The number of allylic oxidation sites excluding steroid dienone is 2. The molecule has 1 rings (SSSR count). The minimum atomic E-state index is -0.233. The van der Waals surface area contributed by atoms with Gasteiger partial charge in [0.2, 0.25) is 0 Å². The van der Waals surface area contributed by atoms with Gasteiger partial charge in [-0.05, 0) is 26.0 Å². The molecule has 4 nitrogen and oxygen atoms in total. The number of Topliss-reactive ketones (excluding diaryl/α,β-unsaturated/α-hetero) is 1. The van der Waals surface area contributed by atoms with Crippen molar-refractivity contribution in [3.8, 4) is 6.07 Å². The van der Waals surface area contributed by atoms with Crippen molar-refractivity contribution in [2.75, 3.05) is 5.75 Å². The molecule has 0 bridgehead atoms. The third-order valence-electron chi connectivity index (χ3n) is 2.44. The molecule has 0 fully saturated rings. The molecule has 0 aromatic heterocycles. The number of aliphatic hydroxyl groups excluding tert-OH is 1. The van der Waals surface area contributed by atoms with Gasteiger partial charge in [0.25, 0.3) is 0 Å². The van der Waals surface area contributed by atoms with Crippen molar-refractivity contribution in [1.82, 2.24) is 0 Å². The predicted molar refractivity (Wildman–Crippen MR) is 81.6 cm³/mol. The van der Waals surface area contributed by atoms with Crippen molar-refractivity contribution in [2.45, 2.75) is 25.2 Å². The zero-order chi connectivity index (χ0) is 15.0. The van der Waals surface area contributed by atoms with Gasteiger partial charge in [0.1, 0.15) is 5.76 Å². The highest BCUT2D eigenvalue weighted by molar-refractivity contribution is 7.99. The van der Waals surface area contributed by atoms with Gasteiger partial charge in [0.15, 0.2) is 5.78 Å². The Balaban J connectivity index is 2.95. The van der Waals surface area contributed by atoms with E-state index in [-0.39, 0.29) is 17.1 Å². The van der Waals surface area contributed by atoms with Crippen LogP contribution >= 0.6 is 11.8 Å². The molecule has 0 atom stereocenters. The Bertz CT molecular complexity index is 582. The maximum atomic E-state index is 11.4. The Morgan fingerprint density at radius 2 is 2.15 bits per heavy atom. The number of carbonyl (C=O) groups is 1. The normalized spacial score (nSPS) is 12.1. The number of aliphatic hydroxyl groups is 1. The van der Waals surface area contributed by atoms with Gasteiger partial charge in [-0.3, -0.25) is 9.79 Å². The van der Waals surface area contributed by atoms with Crippen molar-refractivity contribution in [3.05, 3.63) is 35.6 Å². The first-order valence-electron chi connectivity index (χ1n) is 6.10. The molecule has 0 saturated carbocycles. The smallest absolute Gasteiger partial charge is 0.164 e. The van der Waals surface area contributed by atoms with Gasteiger partial charge >= 0.3 is 0 Å².